The van der Waals surface area contributed by atoms with E-state index in [9.17, 15) is 4.79 Å². The fourth-order valence-electron chi connectivity index (χ4n) is 3.00. The lowest BCUT2D eigenvalue weighted by Crippen LogP contribution is -2.32. The highest BCUT2D eigenvalue weighted by Gasteiger charge is 2.35. The maximum atomic E-state index is 13.1. The van der Waals surface area contributed by atoms with Crippen LogP contribution in [-0.2, 0) is 6.54 Å². The van der Waals surface area contributed by atoms with Crippen molar-refractivity contribution in [3.63, 3.8) is 0 Å². The first-order chi connectivity index (χ1) is 11.1. The minimum atomic E-state index is 0.0186. The summed E-state index contributed by atoms with van der Waals surface area (Å²) >= 11 is 1.67. The molecule has 118 valence electrons. The van der Waals surface area contributed by atoms with E-state index in [1.165, 1.54) is 5.56 Å². The van der Waals surface area contributed by atoms with Crippen molar-refractivity contribution < 1.29 is 9.21 Å². The highest BCUT2D eigenvalue weighted by Crippen LogP contribution is 2.33. The van der Waals surface area contributed by atoms with E-state index in [1.54, 1.807) is 11.3 Å². The molecule has 0 aliphatic heterocycles. The third-order valence-corrected chi connectivity index (χ3v) is 5.20. The quantitative estimate of drug-likeness (QED) is 0.682. The van der Waals surface area contributed by atoms with Crippen molar-refractivity contribution in [1.29, 1.82) is 0 Å². The number of fused-ring (bicyclic) bond motifs is 1. The van der Waals surface area contributed by atoms with Crippen LogP contribution in [0.1, 0.15) is 40.1 Å². The third kappa shape index (κ3) is 2.68. The largest absolute Gasteiger partial charge is 0.451 e. The van der Waals surface area contributed by atoms with Crippen molar-refractivity contribution in [1.82, 2.24) is 4.90 Å². The average molecular weight is 325 g/mol. The third-order valence-electron chi connectivity index (χ3n) is 4.47. The zero-order chi connectivity index (χ0) is 16.0. The normalized spacial score (nSPS) is 14.3. The molecule has 2 aromatic heterocycles. The van der Waals surface area contributed by atoms with Crippen LogP contribution < -0.4 is 0 Å². The molecule has 1 amide bonds. The molecule has 4 heteroatoms. The SMILES string of the molecule is Cc1ccc2c(C)c(C(=O)N(Cc3ccsc3)C3CC3)oc2c1. The molecule has 4 rings (SSSR count). The Morgan fingerprint density at radius 3 is 2.83 bits per heavy atom. The molecular formula is C19H19NO2S. The zero-order valence-corrected chi connectivity index (χ0v) is 14.2. The molecular weight excluding hydrogens is 306 g/mol. The first kappa shape index (κ1) is 14.5. The van der Waals surface area contributed by atoms with Gasteiger partial charge in [0.2, 0.25) is 0 Å². The molecule has 1 saturated carbocycles. The van der Waals surface area contributed by atoms with Crippen LogP contribution in [0.25, 0.3) is 11.0 Å². The van der Waals surface area contributed by atoms with Gasteiger partial charge in [-0.2, -0.15) is 11.3 Å². The molecule has 2 heterocycles. The standard InChI is InChI=1S/C19H19NO2S/c1-12-3-6-16-13(2)18(22-17(16)9-12)19(21)20(15-4-5-15)10-14-7-8-23-11-14/h3,6-9,11,15H,4-5,10H2,1-2H3. The Labute approximate surface area is 139 Å². The lowest BCUT2D eigenvalue weighted by Gasteiger charge is -2.21. The monoisotopic (exact) mass is 325 g/mol. The fraction of sp³-hybridized carbons (Fsp3) is 0.316. The Balaban J connectivity index is 1.70. The number of nitrogens with zero attached hydrogens (tertiary/aromatic N) is 1. The molecule has 0 bridgehead atoms. The predicted molar refractivity (Wildman–Crippen MR) is 92.9 cm³/mol. The van der Waals surface area contributed by atoms with Gasteiger partial charge in [-0.3, -0.25) is 4.79 Å². The Kier molecular flexibility index (Phi) is 3.49. The summed E-state index contributed by atoms with van der Waals surface area (Å²) in [5.41, 5.74) is 4.08. The molecule has 0 atom stereocenters. The highest BCUT2D eigenvalue weighted by molar-refractivity contribution is 7.07. The van der Waals surface area contributed by atoms with E-state index in [0.29, 0.717) is 18.3 Å². The Bertz CT molecular complexity index is 859. The Hall–Kier alpha value is -2.07. The first-order valence-corrected chi connectivity index (χ1v) is 8.89. The maximum Gasteiger partial charge on any atom is 0.290 e. The van der Waals surface area contributed by atoms with Gasteiger partial charge in [0.1, 0.15) is 5.58 Å². The van der Waals surface area contributed by atoms with Gasteiger partial charge in [-0.25, -0.2) is 0 Å². The minimum absolute atomic E-state index is 0.0186. The van der Waals surface area contributed by atoms with Gasteiger partial charge >= 0.3 is 0 Å². The zero-order valence-electron chi connectivity index (χ0n) is 13.3. The highest BCUT2D eigenvalue weighted by atomic mass is 32.1. The van der Waals surface area contributed by atoms with Gasteiger partial charge < -0.3 is 9.32 Å². The summed E-state index contributed by atoms with van der Waals surface area (Å²) < 4.78 is 5.93. The Morgan fingerprint density at radius 2 is 2.13 bits per heavy atom. The van der Waals surface area contributed by atoms with Gasteiger partial charge in [0.25, 0.3) is 5.91 Å². The fourth-order valence-corrected chi connectivity index (χ4v) is 3.66. The van der Waals surface area contributed by atoms with Crippen LogP contribution in [-0.4, -0.2) is 16.8 Å². The molecule has 23 heavy (non-hydrogen) atoms. The second kappa shape index (κ2) is 5.53. The van der Waals surface area contributed by atoms with E-state index < -0.39 is 0 Å². The smallest absolute Gasteiger partial charge is 0.290 e. The number of carbonyl (C=O) groups excluding carboxylic acids is 1. The van der Waals surface area contributed by atoms with Gasteiger partial charge in [-0.1, -0.05) is 12.1 Å². The van der Waals surface area contributed by atoms with Crippen molar-refractivity contribution in [2.75, 3.05) is 0 Å². The molecule has 3 aromatic rings. The van der Waals surface area contributed by atoms with Gasteiger partial charge in [0, 0.05) is 23.5 Å². The summed E-state index contributed by atoms with van der Waals surface area (Å²) in [6.07, 6.45) is 2.18. The van der Waals surface area contributed by atoms with Crippen molar-refractivity contribution in [3.8, 4) is 0 Å². The summed E-state index contributed by atoms with van der Waals surface area (Å²) in [5, 5.41) is 5.20. The van der Waals surface area contributed by atoms with Crippen LogP contribution >= 0.6 is 11.3 Å². The number of carbonyl (C=O) groups is 1. The molecule has 3 nitrogen and oxygen atoms in total. The summed E-state index contributed by atoms with van der Waals surface area (Å²) in [4.78, 5) is 15.0. The molecule has 1 aliphatic rings. The van der Waals surface area contributed by atoms with E-state index in [2.05, 4.69) is 22.9 Å². The van der Waals surface area contributed by atoms with Gasteiger partial charge in [-0.05, 0) is 60.7 Å². The number of furan rings is 1. The predicted octanol–water partition coefficient (Wildman–Crippen LogP) is 4.92. The van der Waals surface area contributed by atoms with Gasteiger partial charge in [0.15, 0.2) is 5.76 Å². The molecule has 0 unspecified atom stereocenters. The van der Waals surface area contributed by atoms with Crippen molar-refractivity contribution >= 4 is 28.2 Å². The number of thiophene rings is 1. The van der Waals surface area contributed by atoms with Crippen LogP contribution in [0.3, 0.4) is 0 Å². The van der Waals surface area contributed by atoms with Gasteiger partial charge in [-0.15, -0.1) is 0 Å². The number of hydrogen-bond acceptors (Lipinski definition) is 3. The van der Waals surface area contributed by atoms with Crippen LogP contribution in [0, 0.1) is 13.8 Å². The van der Waals surface area contributed by atoms with E-state index in [-0.39, 0.29) is 5.91 Å². The molecule has 1 aliphatic carbocycles. The molecule has 1 fully saturated rings. The van der Waals surface area contributed by atoms with E-state index >= 15 is 0 Å². The lowest BCUT2D eigenvalue weighted by atomic mass is 10.1. The average Bonchev–Trinajstić information content (AvgIpc) is 3.15. The Morgan fingerprint density at radius 1 is 1.30 bits per heavy atom. The molecule has 0 spiro atoms. The second-order valence-electron chi connectivity index (χ2n) is 6.35. The van der Waals surface area contributed by atoms with Crippen molar-refractivity contribution in [2.24, 2.45) is 0 Å². The lowest BCUT2D eigenvalue weighted by molar-refractivity contribution is 0.0699. The summed E-state index contributed by atoms with van der Waals surface area (Å²) in [6, 6.07) is 8.54. The molecule has 0 saturated heterocycles. The molecule has 0 radical (unpaired) electrons. The topological polar surface area (TPSA) is 33.5 Å². The van der Waals surface area contributed by atoms with E-state index in [1.807, 2.05) is 30.9 Å². The molecule has 1 aromatic carbocycles. The summed E-state index contributed by atoms with van der Waals surface area (Å²) in [5.74, 6) is 0.512. The van der Waals surface area contributed by atoms with Crippen molar-refractivity contribution in [3.05, 3.63) is 57.5 Å². The summed E-state index contributed by atoms with van der Waals surface area (Å²) in [7, 11) is 0. The number of amides is 1. The van der Waals surface area contributed by atoms with Crippen LogP contribution in [0.4, 0.5) is 0 Å². The first-order valence-electron chi connectivity index (χ1n) is 7.95. The number of hydrogen-bond donors (Lipinski definition) is 0. The van der Waals surface area contributed by atoms with Crippen LogP contribution in [0.15, 0.2) is 39.4 Å². The number of rotatable bonds is 4. The minimum Gasteiger partial charge on any atom is -0.451 e. The molecule has 0 N–H and O–H groups in total. The van der Waals surface area contributed by atoms with Crippen LogP contribution in [0.5, 0.6) is 0 Å². The van der Waals surface area contributed by atoms with Crippen molar-refractivity contribution in [2.45, 2.75) is 39.3 Å². The van der Waals surface area contributed by atoms with Gasteiger partial charge in [0.05, 0.1) is 0 Å². The second-order valence-corrected chi connectivity index (χ2v) is 7.13. The van der Waals surface area contributed by atoms with E-state index in [0.717, 1.165) is 34.9 Å². The number of aryl methyl sites for hydroxylation is 2. The summed E-state index contributed by atoms with van der Waals surface area (Å²) in [6.45, 7) is 4.68. The van der Waals surface area contributed by atoms with E-state index in [4.69, 9.17) is 4.42 Å². The maximum absolute atomic E-state index is 13.1. The number of benzene rings is 1. The van der Waals surface area contributed by atoms with Crippen LogP contribution in [0.2, 0.25) is 0 Å².